The molecule has 98 valence electrons. The molecule has 0 heterocycles. The smallest absolute Gasteiger partial charge is 0.387 e. The third-order valence-electron chi connectivity index (χ3n) is 1.91. The van der Waals surface area contributed by atoms with Crippen molar-refractivity contribution in [1.82, 2.24) is 0 Å². The van der Waals surface area contributed by atoms with E-state index in [0.717, 1.165) is 12.1 Å². The third kappa shape index (κ3) is 3.45. The highest BCUT2D eigenvalue weighted by Crippen LogP contribution is 2.32. The van der Waals surface area contributed by atoms with Gasteiger partial charge in [-0.05, 0) is 17.7 Å². The van der Waals surface area contributed by atoms with Gasteiger partial charge in [0.2, 0.25) is 0 Å². The number of nitriles is 1. The van der Waals surface area contributed by atoms with Gasteiger partial charge in [0, 0.05) is 16.6 Å². The average molecular weight is 316 g/mol. The van der Waals surface area contributed by atoms with Crippen molar-refractivity contribution in [2.24, 2.45) is 0 Å². The Morgan fingerprint density at radius 1 is 1.44 bits per heavy atom. The monoisotopic (exact) mass is 315 g/mol. The number of rotatable bonds is 4. The predicted octanol–water partition coefficient (Wildman–Crippen LogP) is 2.83. The standard InChI is InChI=1S/C9H5Cl2F2NO3S/c10-3-5-2-8(18(11,15)16)7(17-9(12)13)1-6(5)4-14/h1-2,9H,3H2. The maximum absolute atomic E-state index is 12.1. The lowest BCUT2D eigenvalue weighted by molar-refractivity contribution is -0.0517. The molecule has 0 saturated carbocycles. The number of halogens is 4. The number of benzene rings is 1. The van der Waals surface area contributed by atoms with Gasteiger partial charge in [-0.2, -0.15) is 14.0 Å². The first kappa shape index (κ1) is 15.0. The summed E-state index contributed by atoms with van der Waals surface area (Å²) in [5.74, 6) is -0.859. The molecule has 1 aromatic rings. The van der Waals surface area contributed by atoms with Crippen LogP contribution in [0.1, 0.15) is 11.1 Å². The van der Waals surface area contributed by atoms with Crippen LogP contribution in [0, 0.1) is 11.3 Å². The van der Waals surface area contributed by atoms with Gasteiger partial charge < -0.3 is 4.74 Å². The maximum atomic E-state index is 12.1. The fraction of sp³-hybridized carbons (Fsp3) is 0.222. The lowest BCUT2D eigenvalue weighted by Crippen LogP contribution is -2.07. The Hall–Kier alpha value is -1.10. The van der Waals surface area contributed by atoms with E-state index in [0.29, 0.717) is 0 Å². The van der Waals surface area contributed by atoms with Crippen molar-refractivity contribution >= 4 is 31.3 Å². The summed E-state index contributed by atoms with van der Waals surface area (Å²) >= 11 is 5.51. The van der Waals surface area contributed by atoms with Crippen LogP contribution >= 0.6 is 22.3 Å². The fourth-order valence-electron chi connectivity index (χ4n) is 1.20. The van der Waals surface area contributed by atoms with E-state index in [1.54, 1.807) is 6.07 Å². The van der Waals surface area contributed by atoms with Crippen LogP contribution in [0.15, 0.2) is 17.0 Å². The van der Waals surface area contributed by atoms with E-state index in [1.165, 1.54) is 0 Å². The van der Waals surface area contributed by atoms with Gasteiger partial charge in [-0.3, -0.25) is 0 Å². The second kappa shape index (κ2) is 5.69. The molecule has 0 fully saturated rings. The van der Waals surface area contributed by atoms with Crippen LogP contribution in [0.25, 0.3) is 0 Å². The van der Waals surface area contributed by atoms with Crippen LogP contribution < -0.4 is 4.74 Å². The second-order valence-electron chi connectivity index (χ2n) is 3.02. The summed E-state index contributed by atoms with van der Waals surface area (Å²) in [7, 11) is 0.802. The van der Waals surface area contributed by atoms with Crippen molar-refractivity contribution in [3.8, 4) is 11.8 Å². The molecule has 0 amide bonds. The third-order valence-corrected chi connectivity index (χ3v) is 3.54. The van der Waals surface area contributed by atoms with Crippen LogP contribution in [0.5, 0.6) is 5.75 Å². The average Bonchev–Trinajstić information content (AvgIpc) is 2.26. The van der Waals surface area contributed by atoms with E-state index in [-0.39, 0.29) is 17.0 Å². The highest BCUT2D eigenvalue weighted by molar-refractivity contribution is 8.13. The highest BCUT2D eigenvalue weighted by Gasteiger charge is 2.22. The largest absolute Gasteiger partial charge is 0.433 e. The van der Waals surface area contributed by atoms with E-state index < -0.39 is 26.3 Å². The highest BCUT2D eigenvalue weighted by atomic mass is 35.7. The molecule has 0 radical (unpaired) electrons. The molecule has 0 aromatic heterocycles. The molecule has 0 aliphatic carbocycles. The SMILES string of the molecule is N#Cc1cc(OC(F)F)c(S(=O)(=O)Cl)cc1CCl. The lowest BCUT2D eigenvalue weighted by Gasteiger charge is -2.11. The minimum atomic E-state index is -4.29. The second-order valence-corrected chi connectivity index (χ2v) is 5.82. The Balaban J connectivity index is 3.52. The van der Waals surface area contributed by atoms with E-state index >= 15 is 0 Å². The molecule has 0 saturated heterocycles. The van der Waals surface area contributed by atoms with Gasteiger partial charge in [-0.1, -0.05) is 0 Å². The Morgan fingerprint density at radius 3 is 2.44 bits per heavy atom. The lowest BCUT2D eigenvalue weighted by atomic mass is 10.1. The summed E-state index contributed by atoms with van der Waals surface area (Å²) in [6.45, 7) is -3.24. The Labute approximate surface area is 111 Å². The summed E-state index contributed by atoms with van der Waals surface area (Å²) in [6, 6.07) is 3.49. The van der Waals surface area contributed by atoms with Gasteiger partial charge in [0.1, 0.15) is 10.6 Å². The Bertz CT molecular complexity index is 599. The first-order chi connectivity index (χ1) is 8.29. The molecule has 0 bridgehead atoms. The van der Waals surface area contributed by atoms with Gasteiger partial charge in [-0.25, -0.2) is 8.42 Å². The molecular weight excluding hydrogens is 311 g/mol. The first-order valence-electron chi connectivity index (χ1n) is 4.32. The molecule has 18 heavy (non-hydrogen) atoms. The summed E-state index contributed by atoms with van der Waals surface area (Å²) < 4.78 is 50.7. The molecule has 0 N–H and O–H groups in total. The number of hydrogen-bond donors (Lipinski definition) is 0. The summed E-state index contributed by atoms with van der Waals surface area (Å²) in [6.07, 6.45) is 0. The minimum absolute atomic E-state index is 0.0651. The summed E-state index contributed by atoms with van der Waals surface area (Å²) in [5.41, 5.74) is 0.0877. The van der Waals surface area contributed by atoms with Crippen molar-refractivity contribution in [2.45, 2.75) is 17.4 Å². The number of ether oxygens (including phenoxy) is 1. The summed E-state index contributed by atoms with van der Waals surface area (Å²) in [5, 5.41) is 8.77. The molecular formula is C9H5Cl2F2NO3S. The molecule has 0 spiro atoms. The zero-order valence-electron chi connectivity index (χ0n) is 8.53. The number of alkyl halides is 3. The first-order valence-corrected chi connectivity index (χ1v) is 7.16. The maximum Gasteiger partial charge on any atom is 0.387 e. The van der Waals surface area contributed by atoms with Crippen molar-refractivity contribution in [1.29, 1.82) is 5.26 Å². The molecule has 0 unspecified atom stereocenters. The van der Waals surface area contributed by atoms with Crippen LogP contribution in [-0.2, 0) is 14.9 Å². The quantitative estimate of drug-likeness (QED) is 0.633. The van der Waals surface area contributed by atoms with Gasteiger partial charge in [-0.15, -0.1) is 11.6 Å². The molecule has 0 atom stereocenters. The molecule has 4 nitrogen and oxygen atoms in total. The van der Waals surface area contributed by atoms with Crippen molar-refractivity contribution in [3.63, 3.8) is 0 Å². The zero-order valence-corrected chi connectivity index (χ0v) is 10.9. The van der Waals surface area contributed by atoms with Gasteiger partial charge >= 0.3 is 6.61 Å². The molecule has 1 aromatic carbocycles. The molecule has 0 aliphatic rings. The van der Waals surface area contributed by atoms with Crippen molar-refractivity contribution in [2.75, 3.05) is 0 Å². The van der Waals surface area contributed by atoms with Gasteiger partial charge in [0.15, 0.2) is 0 Å². The summed E-state index contributed by atoms with van der Waals surface area (Å²) in [4.78, 5) is -0.654. The molecule has 9 heteroatoms. The van der Waals surface area contributed by atoms with E-state index in [2.05, 4.69) is 4.74 Å². The van der Waals surface area contributed by atoms with E-state index in [1.807, 2.05) is 0 Å². The molecule has 0 aliphatic heterocycles. The number of nitrogens with zero attached hydrogens (tertiary/aromatic N) is 1. The van der Waals surface area contributed by atoms with Crippen molar-refractivity contribution in [3.05, 3.63) is 23.3 Å². The topological polar surface area (TPSA) is 67.2 Å². The van der Waals surface area contributed by atoms with Gasteiger partial charge in [0.05, 0.1) is 11.6 Å². The fourth-order valence-corrected chi connectivity index (χ4v) is 2.41. The zero-order chi connectivity index (χ0) is 13.9. The Kier molecular flexibility index (Phi) is 4.73. The minimum Gasteiger partial charge on any atom is -0.433 e. The van der Waals surface area contributed by atoms with Crippen LogP contribution in [0.4, 0.5) is 8.78 Å². The van der Waals surface area contributed by atoms with E-state index in [9.17, 15) is 17.2 Å². The Morgan fingerprint density at radius 2 is 2.06 bits per heavy atom. The van der Waals surface area contributed by atoms with Crippen LogP contribution in [0.2, 0.25) is 0 Å². The van der Waals surface area contributed by atoms with Crippen LogP contribution in [-0.4, -0.2) is 15.0 Å². The van der Waals surface area contributed by atoms with E-state index in [4.69, 9.17) is 27.5 Å². The van der Waals surface area contributed by atoms with Crippen LogP contribution in [0.3, 0.4) is 0 Å². The van der Waals surface area contributed by atoms with Gasteiger partial charge in [0.25, 0.3) is 9.05 Å². The predicted molar refractivity (Wildman–Crippen MR) is 60.4 cm³/mol. The molecule has 1 rings (SSSR count). The normalized spacial score (nSPS) is 11.3. The number of hydrogen-bond acceptors (Lipinski definition) is 4. The van der Waals surface area contributed by atoms with Crippen molar-refractivity contribution < 1.29 is 21.9 Å².